The van der Waals surface area contributed by atoms with Gasteiger partial charge in [0.25, 0.3) is 5.24 Å². The first-order valence-electron chi connectivity index (χ1n) is 8.87. The number of ether oxygens (including phenoxy) is 2. The number of benzene rings is 2. The summed E-state index contributed by atoms with van der Waals surface area (Å²) < 4.78 is 11.2. The molecule has 0 aliphatic carbocycles. The van der Waals surface area contributed by atoms with Crippen molar-refractivity contribution in [3.8, 4) is 5.75 Å². The van der Waals surface area contributed by atoms with Gasteiger partial charge in [-0.2, -0.15) is 0 Å². The highest BCUT2D eigenvalue weighted by atomic mass is 32.2. The first kappa shape index (κ1) is 19.9. The average molecular weight is 399 g/mol. The van der Waals surface area contributed by atoms with E-state index in [9.17, 15) is 14.4 Å². The Balaban J connectivity index is 1.61. The molecular weight excluding hydrogens is 378 g/mol. The van der Waals surface area contributed by atoms with Gasteiger partial charge >= 0.3 is 5.97 Å². The fourth-order valence-electron chi connectivity index (χ4n) is 2.90. The Morgan fingerprint density at radius 3 is 2.54 bits per heavy atom. The number of nitrogens with one attached hydrogen (secondary N) is 1. The minimum absolute atomic E-state index is 0.192. The third-order valence-electron chi connectivity index (χ3n) is 4.23. The van der Waals surface area contributed by atoms with Crippen LogP contribution in [-0.2, 0) is 20.7 Å². The molecule has 7 heteroatoms. The van der Waals surface area contributed by atoms with Crippen LogP contribution in [0, 0.1) is 6.92 Å². The van der Waals surface area contributed by atoms with Crippen LogP contribution in [0.25, 0.3) is 0 Å². The van der Waals surface area contributed by atoms with Gasteiger partial charge in [-0.1, -0.05) is 53.7 Å². The fourth-order valence-corrected chi connectivity index (χ4v) is 3.76. The molecule has 6 nitrogen and oxygen atoms in total. The van der Waals surface area contributed by atoms with Crippen LogP contribution in [0.3, 0.4) is 0 Å². The number of carbonyl (C=O) groups is 3. The molecular formula is C21H21NO5S. The van der Waals surface area contributed by atoms with E-state index < -0.39 is 11.4 Å². The Bertz CT molecular complexity index is 881. The van der Waals surface area contributed by atoms with Crippen molar-refractivity contribution in [3.05, 3.63) is 65.2 Å². The summed E-state index contributed by atoms with van der Waals surface area (Å²) in [6, 6.07) is 15.1. The Morgan fingerprint density at radius 2 is 1.93 bits per heavy atom. The molecule has 0 aromatic heterocycles. The predicted octanol–water partition coefficient (Wildman–Crippen LogP) is 3.57. The zero-order valence-corrected chi connectivity index (χ0v) is 16.5. The van der Waals surface area contributed by atoms with E-state index in [1.54, 1.807) is 12.1 Å². The number of carbonyl (C=O) groups excluding carboxylic acids is 3. The first-order valence-corrected chi connectivity index (χ1v) is 9.75. The lowest BCUT2D eigenvalue weighted by Crippen LogP contribution is -2.25. The van der Waals surface area contributed by atoms with E-state index in [0.717, 1.165) is 28.5 Å². The lowest BCUT2D eigenvalue weighted by Gasteiger charge is -2.19. The van der Waals surface area contributed by atoms with Gasteiger partial charge in [-0.25, -0.2) is 0 Å². The summed E-state index contributed by atoms with van der Waals surface area (Å²) in [6.45, 7) is 3.54. The van der Waals surface area contributed by atoms with Crippen molar-refractivity contribution >= 4 is 28.9 Å². The van der Waals surface area contributed by atoms with Crippen LogP contribution in [0.4, 0.5) is 4.79 Å². The van der Waals surface area contributed by atoms with Gasteiger partial charge in [0, 0.05) is 6.92 Å². The van der Waals surface area contributed by atoms with Crippen molar-refractivity contribution in [1.29, 1.82) is 0 Å². The molecule has 2 amide bonds. The number of rotatable bonds is 7. The van der Waals surface area contributed by atoms with Gasteiger partial charge < -0.3 is 9.47 Å². The topological polar surface area (TPSA) is 81.7 Å². The van der Waals surface area contributed by atoms with Gasteiger partial charge in [0.1, 0.15) is 12.4 Å². The molecule has 0 saturated carbocycles. The maximum absolute atomic E-state index is 11.7. The summed E-state index contributed by atoms with van der Waals surface area (Å²) in [5.74, 6) is 0.0122. The Morgan fingerprint density at radius 1 is 1.18 bits per heavy atom. The molecule has 1 fully saturated rings. The monoisotopic (exact) mass is 399 g/mol. The maximum atomic E-state index is 11.7. The second kappa shape index (κ2) is 8.93. The second-order valence-electron chi connectivity index (χ2n) is 6.55. The third kappa shape index (κ3) is 5.36. The molecule has 1 N–H and O–H groups in total. The van der Waals surface area contributed by atoms with Crippen molar-refractivity contribution < 1.29 is 23.9 Å². The standard InChI is InChI=1S/C21H21NO5S/c1-13-4-3-5-16(10-13)18(27-14(2)23)12-26-17-8-6-15(7-9-17)11-19-20(24)22-21(25)28-19/h3-10,18-19H,11-12H2,1-2H3,(H,22,24,25)/t18-,19?/m0/s1. The molecule has 1 aliphatic heterocycles. The van der Waals surface area contributed by atoms with Gasteiger partial charge in [0.05, 0.1) is 5.25 Å². The normalized spacial score (nSPS) is 17.1. The molecule has 146 valence electrons. The SMILES string of the molecule is CC(=O)O[C@@H](COc1ccc(CC2SC(=O)NC2=O)cc1)c1cccc(C)c1. The smallest absolute Gasteiger partial charge is 0.303 e. The number of hydrogen-bond acceptors (Lipinski definition) is 6. The zero-order chi connectivity index (χ0) is 20.1. The van der Waals surface area contributed by atoms with Crippen molar-refractivity contribution in [2.45, 2.75) is 31.6 Å². The molecule has 1 aliphatic rings. The van der Waals surface area contributed by atoms with E-state index in [-0.39, 0.29) is 23.7 Å². The highest BCUT2D eigenvalue weighted by Crippen LogP contribution is 2.25. The number of thioether (sulfide) groups is 1. The molecule has 3 rings (SSSR count). The molecule has 0 bridgehead atoms. The highest BCUT2D eigenvalue weighted by molar-refractivity contribution is 8.15. The highest BCUT2D eigenvalue weighted by Gasteiger charge is 2.31. The quantitative estimate of drug-likeness (QED) is 0.717. The number of imide groups is 1. The van der Waals surface area contributed by atoms with Crippen molar-refractivity contribution in [1.82, 2.24) is 5.32 Å². The summed E-state index contributed by atoms with van der Waals surface area (Å²) >= 11 is 1.01. The molecule has 1 unspecified atom stereocenters. The molecule has 2 atom stereocenters. The molecule has 28 heavy (non-hydrogen) atoms. The van der Waals surface area contributed by atoms with Gasteiger partial charge in [-0.05, 0) is 36.6 Å². The summed E-state index contributed by atoms with van der Waals surface area (Å²) in [5.41, 5.74) is 2.89. The zero-order valence-electron chi connectivity index (χ0n) is 15.6. The summed E-state index contributed by atoms with van der Waals surface area (Å²) in [4.78, 5) is 34.4. The van der Waals surface area contributed by atoms with Crippen LogP contribution in [0.5, 0.6) is 5.75 Å². The maximum Gasteiger partial charge on any atom is 0.303 e. The van der Waals surface area contributed by atoms with E-state index in [4.69, 9.17) is 9.47 Å². The molecule has 2 aromatic rings. The van der Waals surface area contributed by atoms with Crippen LogP contribution in [0.2, 0.25) is 0 Å². The molecule has 1 heterocycles. The number of amides is 2. The van der Waals surface area contributed by atoms with E-state index in [1.165, 1.54) is 6.92 Å². The van der Waals surface area contributed by atoms with Crippen molar-refractivity contribution in [2.24, 2.45) is 0 Å². The van der Waals surface area contributed by atoms with Gasteiger partial charge in [-0.15, -0.1) is 0 Å². The van der Waals surface area contributed by atoms with E-state index in [1.807, 2.05) is 43.3 Å². The summed E-state index contributed by atoms with van der Waals surface area (Å²) in [6.07, 6.45) is -0.0244. The minimum atomic E-state index is -0.498. The molecule has 0 spiro atoms. The first-order chi connectivity index (χ1) is 13.4. The van der Waals surface area contributed by atoms with Gasteiger partial charge in [-0.3, -0.25) is 19.7 Å². The van der Waals surface area contributed by atoms with E-state index in [2.05, 4.69) is 5.32 Å². The predicted molar refractivity (Wildman–Crippen MR) is 106 cm³/mol. The fraction of sp³-hybridized carbons (Fsp3) is 0.286. The lowest BCUT2D eigenvalue weighted by atomic mass is 10.1. The number of aryl methyl sites for hydroxylation is 1. The average Bonchev–Trinajstić information content (AvgIpc) is 2.96. The summed E-state index contributed by atoms with van der Waals surface area (Å²) in [7, 11) is 0. The van der Waals surface area contributed by atoms with Crippen LogP contribution < -0.4 is 10.1 Å². The number of esters is 1. The van der Waals surface area contributed by atoms with Crippen LogP contribution >= 0.6 is 11.8 Å². The summed E-state index contributed by atoms with van der Waals surface area (Å²) in [5, 5.41) is 1.59. The molecule has 1 saturated heterocycles. The van der Waals surface area contributed by atoms with Crippen LogP contribution in [0.15, 0.2) is 48.5 Å². The van der Waals surface area contributed by atoms with Crippen molar-refractivity contribution in [3.63, 3.8) is 0 Å². The van der Waals surface area contributed by atoms with Crippen LogP contribution in [0.1, 0.15) is 29.7 Å². The minimum Gasteiger partial charge on any atom is -0.489 e. The Hall–Kier alpha value is -2.80. The lowest BCUT2D eigenvalue weighted by molar-refractivity contribution is -0.148. The molecule has 0 radical (unpaired) electrons. The van der Waals surface area contributed by atoms with Gasteiger partial charge in [0.2, 0.25) is 5.91 Å². The van der Waals surface area contributed by atoms with Crippen molar-refractivity contribution in [2.75, 3.05) is 6.61 Å². The van der Waals surface area contributed by atoms with Crippen LogP contribution in [-0.4, -0.2) is 29.0 Å². The Labute approximate surface area is 167 Å². The second-order valence-corrected chi connectivity index (χ2v) is 7.73. The molecule has 2 aromatic carbocycles. The van der Waals surface area contributed by atoms with E-state index in [0.29, 0.717) is 12.2 Å². The number of hydrogen-bond donors (Lipinski definition) is 1. The van der Waals surface area contributed by atoms with E-state index >= 15 is 0 Å². The van der Waals surface area contributed by atoms with Gasteiger partial charge in [0.15, 0.2) is 6.10 Å². The Kier molecular flexibility index (Phi) is 6.36. The third-order valence-corrected chi connectivity index (χ3v) is 5.22. The largest absolute Gasteiger partial charge is 0.489 e.